The monoisotopic (exact) mass is 322 g/mol. The first-order valence-corrected chi connectivity index (χ1v) is 8.98. The summed E-state index contributed by atoms with van der Waals surface area (Å²) in [7, 11) is 0. The highest BCUT2D eigenvalue weighted by atomic mass is 32.2. The molecule has 0 unspecified atom stereocenters. The molecule has 1 aliphatic rings. The second-order valence-corrected chi connectivity index (χ2v) is 7.51. The normalized spacial score (nSPS) is 16.6. The fourth-order valence-electron chi connectivity index (χ4n) is 2.60. The van der Waals surface area contributed by atoms with Gasteiger partial charge in [0.15, 0.2) is 5.16 Å². The number of hydrogen-bond donors (Lipinski definition) is 0. The first kappa shape index (κ1) is 17.1. The maximum Gasteiger partial charge on any atom is 0.228 e. The summed E-state index contributed by atoms with van der Waals surface area (Å²) < 4.78 is 0. The molecule has 0 spiro atoms. The average molecular weight is 322 g/mol. The SMILES string of the molecule is CSc1nc(C)cc(N2CCCN(C(=O)C(C)(C)C)CC2)n1. The van der Waals surface area contributed by atoms with Crippen LogP contribution in [0.2, 0.25) is 0 Å². The van der Waals surface area contributed by atoms with Gasteiger partial charge in [0.1, 0.15) is 5.82 Å². The van der Waals surface area contributed by atoms with E-state index in [2.05, 4.69) is 14.9 Å². The van der Waals surface area contributed by atoms with Crippen molar-refractivity contribution in [1.82, 2.24) is 14.9 Å². The molecule has 0 atom stereocenters. The Bertz CT molecular complexity index is 541. The molecule has 0 saturated carbocycles. The molecule has 1 aliphatic heterocycles. The molecular weight excluding hydrogens is 296 g/mol. The van der Waals surface area contributed by atoms with E-state index in [0.717, 1.165) is 49.3 Å². The number of anilines is 1. The standard InChI is InChI=1S/C16H26N4OS/c1-12-11-13(18-15(17-12)22-5)19-7-6-8-20(10-9-19)14(21)16(2,3)4/h11H,6-10H2,1-5H3. The van der Waals surface area contributed by atoms with Crippen LogP contribution in [0.4, 0.5) is 5.82 Å². The van der Waals surface area contributed by atoms with Crippen LogP contribution in [0.5, 0.6) is 0 Å². The minimum atomic E-state index is -0.313. The molecule has 0 N–H and O–H groups in total. The van der Waals surface area contributed by atoms with Crippen LogP contribution in [0.1, 0.15) is 32.9 Å². The highest BCUT2D eigenvalue weighted by Crippen LogP contribution is 2.21. The Labute approximate surface area is 137 Å². The second kappa shape index (κ2) is 6.86. The van der Waals surface area contributed by atoms with Crippen molar-refractivity contribution >= 4 is 23.5 Å². The van der Waals surface area contributed by atoms with Crippen molar-refractivity contribution in [3.8, 4) is 0 Å². The Morgan fingerprint density at radius 1 is 1.18 bits per heavy atom. The highest BCUT2D eigenvalue weighted by Gasteiger charge is 2.28. The molecule has 0 aliphatic carbocycles. The van der Waals surface area contributed by atoms with E-state index in [1.807, 2.05) is 44.9 Å². The van der Waals surface area contributed by atoms with E-state index < -0.39 is 0 Å². The molecular formula is C16H26N4OS. The zero-order valence-electron chi connectivity index (χ0n) is 14.2. The molecule has 2 rings (SSSR count). The molecule has 1 amide bonds. The Hall–Kier alpha value is -1.30. The topological polar surface area (TPSA) is 49.3 Å². The number of amides is 1. The molecule has 1 fully saturated rings. The van der Waals surface area contributed by atoms with Crippen molar-refractivity contribution in [2.24, 2.45) is 5.41 Å². The number of aryl methyl sites for hydroxylation is 1. The van der Waals surface area contributed by atoms with Crippen molar-refractivity contribution in [3.63, 3.8) is 0 Å². The lowest BCUT2D eigenvalue weighted by Crippen LogP contribution is -2.41. The molecule has 5 nitrogen and oxygen atoms in total. The summed E-state index contributed by atoms with van der Waals surface area (Å²) in [6, 6.07) is 2.03. The molecule has 0 bridgehead atoms. The van der Waals surface area contributed by atoms with Gasteiger partial charge in [-0.15, -0.1) is 0 Å². The molecule has 1 aromatic rings. The van der Waals surface area contributed by atoms with Gasteiger partial charge < -0.3 is 9.80 Å². The van der Waals surface area contributed by atoms with E-state index in [0.29, 0.717) is 0 Å². The van der Waals surface area contributed by atoms with Crippen molar-refractivity contribution in [1.29, 1.82) is 0 Å². The minimum Gasteiger partial charge on any atom is -0.355 e. The van der Waals surface area contributed by atoms with Crippen molar-refractivity contribution in [2.45, 2.75) is 39.3 Å². The lowest BCUT2D eigenvalue weighted by atomic mass is 9.94. The van der Waals surface area contributed by atoms with E-state index in [4.69, 9.17) is 0 Å². The number of rotatable bonds is 2. The molecule has 0 aromatic carbocycles. The molecule has 0 radical (unpaired) electrons. The fourth-order valence-corrected chi connectivity index (χ4v) is 3.02. The summed E-state index contributed by atoms with van der Waals surface area (Å²) in [5.41, 5.74) is 0.674. The first-order chi connectivity index (χ1) is 10.3. The van der Waals surface area contributed by atoms with E-state index >= 15 is 0 Å². The number of hydrogen-bond acceptors (Lipinski definition) is 5. The van der Waals surface area contributed by atoms with Gasteiger partial charge in [-0.05, 0) is 19.6 Å². The minimum absolute atomic E-state index is 0.234. The highest BCUT2D eigenvalue weighted by molar-refractivity contribution is 7.98. The van der Waals surface area contributed by atoms with Crippen molar-refractivity contribution in [3.05, 3.63) is 11.8 Å². The Kier molecular flexibility index (Phi) is 5.32. The summed E-state index contributed by atoms with van der Waals surface area (Å²) in [5.74, 6) is 1.21. The zero-order chi connectivity index (χ0) is 16.3. The van der Waals surface area contributed by atoms with Gasteiger partial charge in [0, 0.05) is 43.4 Å². The van der Waals surface area contributed by atoms with Gasteiger partial charge in [0.05, 0.1) is 0 Å². The summed E-state index contributed by atoms with van der Waals surface area (Å²) in [5, 5.41) is 0.807. The summed E-state index contributed by atoms with van der Waals surface area (Å²) in [4.78, 5) is 25.7. The maximum absolute atomic E-state index is 12.4. The number of thioether (sulfide) groups is 1. The van der Waals surface area contributed by atoms with Gasteiger partial charge in [-0.2, -0.15) is 0 Å². The third kappa shape index (κ3) is 4.12. The van der Waals surface area contributed by atoms with Crippen LogP contribution in [0.15, 0.2) is 11.2 Å². The van der Waals surface area contributed by atoms with Crippen LogP contribution in [-0.4, -0.2) is 53.2 Å². The van der Waals surface area contributed by atoms with Gasteiger partial charge in [-0.1, -0.05) is 32.5 Å². The van der Waals surface area contributed by atoms with Crippen LogP contribution in [0.3, 0.4) is 0 Å². The molecule has 6 heteroatoms. The van der Waals surface area contributed by atoms with Crippen LogP contribution in [0.25, 0.3) is 0 Å². The van der Waals surface area contributed by atoms with Crippen molar-refractivity contribution in [2.75, 3.05) is 37.3 Å². The molecule has 122 valence electrons. The maximum atomic E-state index is 12.4. The summed E-state index contributed by atoms with van der Waals surface area (Å²) in [6.45, 7) is 11.3. The zero-order valence-corrected chi connectivity index (χ0v) is 15.0. The van der Waals surface area contributed by atoms with Crippen LogP contribution < -0.4 is 4.90 Å². The number of aromatic nitrogens is 2. The van der Waals surface area contributed by atoms with Crippen LogP contribution >= 0.6 is 11.8 Å². The fraction of sp³-hybridized carbons (Fsp3) is 0.688. The molecule has 22 heavy (non-hydrogen) atoms. The second-order valence-electron chi connectivity index (χ2n) is 6.74. The largest absolute Gasteiger partial charge is 0.355 e. The smallest absolute Gasteiger partial charge is 0.228 e. The first-order valence-electron chi connectivity index (χ1n) is 7.75. The Morgan fingerprint density at radius 2 is 1.91 bits per heavy atom. The Morgan fingerprint density at radius 3 is 2.55 bits per heavy atom. The molecule has 2 heterocycles. The van der Waals surface area contributed by atoms with E-state index in [1.165, 1.54) is 0 Å². The number of carbonyl (C=O) groups excluding carboxylic acids is 1. The summed E-state index contributed by atoms with van der Waals surface area (Å²) >= 11 is 1.56. The van der Waals surface area contributed by atoms with Gasteiger partial charge in [0.25, 0.3) is 0 Å². The number of nitrogens with zero attached hydrogens (tertiary/aromatic N) is 4. The van der Waals surface area contributed by atoms with Crippen molar-refractivity contribution < 1.29 is 4.79 Å². The summed E-state index contributed by atoms with van der Waals surface area (Å²) in [6.07, 6.45) is 2.96. The average Bonchev–Trinajstić information content (AvgIpc) is 2.70. The quantitative estimate of drug-likeness (QED) is 0.619. The van der Waals surface area contributed by atoms with E-state index in [-0.39, 0.29) is 11.3 Å². The predicted octanol–water partition coefficient (Wildman–Crippen LogP) is 2.59. The van der Waals surface area contributed by atoms with Gasteiger partial charge in [0.2, 0.25) is 5.91 Å². The third-order valence-electron chi connectivity index (χ3n) is 3.75. The van der Waals surface area contributed by atoms with Gasteiger partial charge in [-0.25, -0.2) is 9.97 Å². The van der Waals surface area contributed by atoms with E-state index in [9.17, 15) is 4.79 Å². The number of carbonyl (C=O) groups is 1. The van der Waals surface area contributed by atoms with Gasteiger partial charge >= 0.3 is 0 Å². The van der Waals surface area contributed by atoms with Gasteiger partial charge in [-0.3, -0.25) is 4.79 Å². The molecule has 1 saturated heterocycles. The Balaban J connectivity index is 2.10. The van der Waals surface area contributed by atoms with E-state index in [1.54, 1.807) is 11.8 Å². The predicted molar refractivity (Wildman–Crippen MR) is 91.4 cm³/mol. The molecule has 1 aromatic heterocycles. The lowest BCUT2D eigenvalue weighted by molar-refractivity contribution is -0.139. The van der Waals surface area contributed by atoms with Crippen LogP contribution in [0, 0.1) is 12.3 Å². The van der Waals surface area contributed by atoms with Crippen LogP contribution in [-0.2, 0) is 4.79 Å². The lowest BCUT2D eigenvalue weighted by Gasteiger charge is -2.28. The third-order valence-corrected chi connectivity index (χ3v) is 4.30.